The Kier molecular flexibility index (Phi) is 6.15. The maximum absolute atomic E-state index is 12.6. The quantitative estimate of drug-likeness (QED) is 0.810. The Morgan fingerprint density at radius 2 is 1.76 bits per heavy atom. The molecule has 120 valence electrons. The van der Waals surface area contributed by atoms with Gasteiger partial charge in [-0.1, -0.05) is 0 Å². The van der Waals surface area contributed by atoms with E-state index in [1.165, 1.54) is 21.3 Å². The van der Waals surface area contributed by atoms with Crippen LogP contribution in [0.4, 0.5) is 0 Å². The molecule has 1 aromatic carbocycles. The highest BCUT2D eigenvalue weighted by Crippen LogP contribution is 2.27. The molecule has 0 bridgehead atoms. The van der Waals surface area contributed by atoms with Gasteiger partial charge in [-0.15, -0.1) is 0 Å². The standard InChI is InChI=1S/C14H23NO5S/c1-10-6-13(20-5)7-11(2)14(10)21(17,18)15(3)8-12(16)9-19-4/h6-7,12,16H,8-9H2,1-5H3. The molecule has 0 heterocycles. The average Bonchev–Trinajstić information content (AvgIpc) is 2.37. The highest BCUT2D eigenvalue weighted by molar-refractivity contribution is 7.89. The molecular weight excluding hydrogens is 294 g/mol. The molecule has 0 fully saturated rings. The monoisotopic (exact) mass is 317 g/mol. The zero-order valence-electron chi connectivity index (χ0n) is 13.1. The van der Waals surface area contributed by atoms with Gasteiger partial charge in [0, 0.05) is 20.7 Å². The molecule has 0 aliphatic rings. The van der Waals surface area contributed by atoms with Gasteiger partial charge in [-0.25, -0.2) is 8.42 Å². The topological polar surface area (TPSA) is 76.1 Å². The van der Waals surface area contributed by atoms with Crippen LogP contribution in [0.1, 0.15) is 11.1 Å². The van der Waals surface area contributed by atoms with Crippen molar-refractivity contribution in [1.82, 2.24) is 4.31 Å². The molecule has 1 aromatic rings. The summed E-state index contributed by atoms with van der Waals surface area (Å²) in [5, 5.41) is 9.70. The van der Waals surface area contributed by atoms with Crippen LogP contribution in [0.15, 0.2) is 17.0 Å². The van der Waals surface area contributed by atoms with E-state index in [1.54, 1.807) is 26.0 Å². The largest absolute Gasteiger partial charge is 0.497 e. The van der Waals surface area contributed by atoms with Gasteiger partial charge in [0.05, 0.1) is 24.7 Å². The zero-order valence-corrected chi connectivity index (χ0v) is 13.9. The van der Waals surface area contributed by atoms with E-state index < -0.39 is 16.1 Å². The number of likely N-dealkylation sites (N-methyl/N-ethyl adjacent to an activating group) is 1. The van der Waals surface area contributed by atoms with Crippen LogP contribution < -0.4 is 4.74 Å². The van der Waals surface area contributed by atoms with E-state index in [0.717, 1.165) is 4.31 Å². The minimum absolute atomic E-state index is 0.0267. The van der Waals surface area contributed by atoms with Crippen molar-refractivity contribution < 1.29 is 23.0 Å². The average molecular weight is 317 g/mol. The summed E-state index contributed by atoms with van der Waals surface area (Å²) >= 11 is 0. The van der Waals surface area contributed by atoms with Gasteiger partial charge in [0.1, 0.15) is 5.75 Å². The van der Waals surface area contributed by atoms with Crippen LogP contribution in [-0.4, -0.2) is 58.4 Å². The van der Waals surface area contributed by atoms with E-state index in [9.17, 15) is 13.5 Å². The van der Waals surface area contributed by atoms with Gasteiger partial charge in [-0.3, -0.25) is 0 Å². The van der Waals surface area contributed by atoms with E-state index in [2.05, 4.69) is 0 Å². The predicted molar refractivity (Wildman–Crippen MR) is 80.2 cm³/mol. The first-order valence-corrected chi connectivity index (χ1v) is 7.96. The fraction of sp³-hybridized carbons (Fsp3) is 0.571. The highest BCUT2D eigenvalue weighted by Gasteiger charge is 2.26. The molecule has 0 amide bonds. The van der Waals surface area contributed by atoms with Crippen LogP contribution in [0.5, 0.6) is 5.75 Å². The molecule has 0 saturated carbocycles. The number of sulfonamides is 1. The Morgan fingerprint density at radius 3 is 2.19 bits per heavy atom. The summed E-state index contributed by atoms with van der Waals surface area (Å²) in [7, 11) is 0.757. The second kappa shape index (κ2) is 7.22. The summed E-state index contributed by atoms with van der Waals surface area (Å²) < 4.78 is 36.4. The summed E-state index contributed by atoms with van der Waals surface area (Å²) in [6.07, 6.45) is -0.867. The summed E-state index contributed by atoms with van der Waals surface area (Å²) in [5.41, 5.74) is 1.22. The molecule has 0 spiro atoms. The van der Waals surface area contributed by atoms with E-state index in [4.69, 9.17) is 9.47 Å². The molecule has 1 N–H and O–H groups in total. The van der Waals surface area contributed by atoms with Gasteiger partial charge in [0.25, 0.3) is 0 Å². The molecule has 0 saturated heterocycles. The number of hydrogen-bond donors (Lipinski definition) is 1. The third-order valence-corrected chi connectivity index (χ3v) is 5.29. The molecule has 0 aliphatic carbocycles. The Labute approximate surface area is 126 Å². The van der Waals surface area contributed by atoms with Crippen LogP contribution in [0.3, 0.4) is 0 Å². The second-order valence-corrected chi connectivity index (χ2v) is 6.97. The number of methoxy groups -OCH3 is 2. The summed E-state index contributed by atoms with van der Waals surface area (Å²) in [4.78, 5) is 0.246. The van der Waals surface area contributed by atoms with Crippen molar-refractivity contribution in [2.45, 2.75) is 24.8 Å². The van der Waals surface area contributed by atoms with Crippen molar-refractivity contribution >= 4 is 10.0 Å². The number of nitrogens with zero attached hydrogens (tertiary/aromatic N) is 1. The predicted octanol–water partition coefficient (Wildman–Crippen LogP) is 0.940. The first-order chi connectivity index (χ1) is 9.73. The third-order valence-electron chi connectivity index (χ3n) is 3.16. The minimum Gasteiger partial charge on any atom is -0.497 e. The van der Waals surface area contributed by atoms with Crippen molar-refractivity contribution in [1.29, 1.82) is 0 Å². The molecule has 0 radical (unpaired) electrons. The van der Waals surface area contributed by atoms with E-state index in [1.807, 2.05) is 0 Å². The van der Waals surface area contributed by atoms with E-state index in [-0.39, 0.29) is 18.0 Å². The highest BCUT2D eigenvalue weighted by atomic mass is 32.2. The first-order valence-electron chi connectivity index (χ1n) is 6.52. The number of ether oxygens (including phenoxy) is 2. The number of aliphatic hydroxyl groups is 1. The van der Waals surface area contributed by atoms with Crippen molar-refractivity contribution in [3.05, 3.63) is 23.3 Å². The van der Waals surface area contributed by atoms with Crippen LogP contribution in [0.2, 0.25) is 0 Å². The van der Waals surface area contributed by atoms with Crippen molar-refractivity contribution in [2.75, 3.05) is 34.4 Å². The van der Waals surface area contributed by atoms with E-state index in [0.29, 0.717) is 16.9 Å². The Bertz CT molecular complexity index is 562. The van der Waals surface area contributed by atoms with Crippen molar-refractivity contribution in [3.8, 4) is 5.75 Å². The number of aryl methyl sites for hydroxylation is 2. The minimum atomic E-state index is -3.68. The third kappa shape index (κ3) is 4.16. The normalized spacial score (nSPS) is 13.5. The van der Waals surface area contributed by atoms with Crippen molar-refractivity contribution in [3.63, 3.8) is 0 Å². The lowest BCUT2D eigenvalue weighted by molar-refractivity contribution is 0.0554. The summed E-state index contributed by atoms with van der Waals surface area (Å²) in [6, 6.07) is 3.36. The molecule has 0 aromatic heterocycles. The van der Waals surface area contributed by atoms with Crippen molar-refractivity contribution in [2.24, 2.45) is 0 Å². The van der Waals surface area contributed by atoms with Crippen LogP contribution >= 0.6 is 0 Å². The van der Waals surface area contributed by atoms with Crippen LogP contribution in [0.25, 0.3) is 0 Å². The smallest absolute Gasteiger partial charge is 0.243 e. The molecule has 1 rings (SSSR count). The second-order valence-electron chi connectivity index (χ2n) is 4.99. The lowest BCUT2D eigenvalue weighted by Gasteiger charge is -2.22. The number of benzene rings is 1. The first kappa shape index (κ1) is 17.9. The molecule has 1 atom stereocenters. The van der Waals surface area contributed by atoms with Crippen LogP contribution in [-0.2, 0) is 14.8 Å². The number of aliphatic hydroxyl groups excluding tert-OH is 1. The maximum atomic E-state index is 12.6. The summed E-state index contributed by atoms with van der Waals surface area (Å²) in [6.45, 7) is 3.51. The Morgan fingerprint density at radius 1 is 1.24 bits per heavy atom. The van der Waals surface area contributed by atoms with Gasteiger partial charge >= 0.3 is 0 Å². The lowest BCUT2D eigenvalue weighted by atomic mass is 10.1. The zero-order chi connectivity index (χ0) is 16.2. The molecular formula is C14H23NO5S. The van der Waals surface area contributed by atoms with E-state index >= 15 is 0 Å². The SMILES string of the molecule is COCC(O)CN(C)S(=O)(=O)c1c(C)cc(OC)cc1C. The fourth-order valence-electron chi connectivity index (χ4n) is 2.23. The maximum Gasteiger partial charge on any atom is 0.243 e. The number of rotatable bonds is 7. The Hall–Kier alpha value is -1.15. The van der Waals surface area contributed by atoms with Gasteiger partial charge in [0.15, 0.2) is 0 Å². The van der Waals surface area contributed by atoms with Gasteiger partial charge < -0.3 is 14.6 Å². The molecule has 0 aliphatic heterocycles. The molecule has 1 unspecified atom stereocenters. The Balaban J connectivity index is 3.13. The van der Waals surface area contributed by atoms with Gasteiger partial charge in [-0.05, 0) is 37.1 Å². The lowest BCUT2D eigenvalue weighted by Crippen LogP contribution is -2.36. The fourth-order valence-corrected chi connectivity index (χ4v) is 3.84. The summed E-state index contributed by atoms with van der Waals surface area (Å²) in [5.74, 6) is 0.617. The van der Waals surface area contributed by atoms with Crippen LogP contribution in [0, 0.1) is 13.8 Å². The molecule has 7 heteroatoms. The molecule has 6 nitrogen and oxygen atoms in total. The number of hydrogen-bond acceptors (Lipinski definition) is 5. The van der Waals surface area contributed by atoms with Gasteiger partial charge in [-0.2, -0.15) is 4.31 Å². The van der Waals surface area contributed by atoms with Gasteiger partial charge in [0.2, 0.25) is 10.0 Å². The molecule has 21 heavy (non-hydrogen) atoms.